The first kappa shape index (κ1) is 13.8. The molecule has 0 radical (unpaired) electrons. The van der Waals surface area contributed by atoms with E-state index >= 15 is 0 Å². The molecule has 2 saturated heterocycles. The minimum atomic E-state index is -0.713. The zero-order valence-corrected chi connectivity index (χ0v) is 12.2. The van der Waals surface area contributed by atoms with Gasteiger partial charge in [-0.25, -0.2) is 0 Å². The van der Waals surface area contributed by atoms with Crippen molar-refractivity contribution in [2.24, 2.45) is 0 Å². The highest BCUT2D eigenvalue weighted by Gasteiger charge is 2.41. The van der Waals surface area contributed by atoms with Crippen molar-refractivity contribution in [1.29, 1.82) is 0 Å². The molecular weight excluding hydrogens is 272 g/mol. The normalized spacial score (nSPS) is 25.6. The van der Waals surface area contributed by atoms with E-state index in [4.69, 9.17) is 0 Å². The number of anilines is 1. The van der Waals surface area contributed by atoms with Crippen LogP contribution in [-0.4, -0.2) is 40.8 Å². The molecule has 20 heavy (non-hydrogen) atoms. The first-order chi connectivity index (χ1) is 9.69. The van der Waals surface area contributed by atoms with Gasteiger partial charge in [0.2, 0.25) is 0 Å². The average molecular weight is 292 g/mol. The fourth-order valence-corrected chi connectivity index (χ4v) is 4.48. The molecule has 1 unspecified atom stereocenters. The lowest BCUT2D eigenvalue weighted by Gasteiger charge is -2.46. The molecule has 108 valence electrons. The second kappa shape index (κ2) is 5.66. The van der Waals surface area contributed by atoms with Crippen molar-refractivity contribution < 1.29 is 9.90 Å². The fourth-order valence-electron chi connectivity index (χ4n) is 3.04. The SMILES string of the molecule is O=C(O)C1CCSC2(CCN(c3ccccc3)CC2)N1. The second-order valence-corrected chi connectivity index (χ2v) is 6.97. The lowest BCUT2D eigenvalue weighted by atomic mass is 10.0. The van der Waals surface area contributed by atoms with Gasteiger partial charge in [-0.2, -0.15) is 0 Å². The highest BCUT2D eigenvalue weighted by molar-refractivity contribution is 8.00. The Hall–Kier alpha value is -1.20. The van der Waals surface area contributed by atoms with Crippen LogP contribution in [0.15, 0.2) is 30.3 Å². The molecule has 2 heterocycles. The minimum Gasteiger partial charge on any atom is -0.480 e. The topological polar surface area (TPSA) is 52.6 Å². The largest absolute Gasteiger partial charge is 0.480 e. The molecule has 1 atom stereocenters. The van der Waals surface area contributed by atoms with Gasteiger partial charge in [-0.15, -0.1) is 11.8 Å². The van der Waals surface area contributed by atoms with E-state index in [1.54, 1.807) is 0 Å². The number of benzene rings is 1. The number of carboxylic acid groups (broad SMARTS) is 1. The summed E-state index contributed by atoms with van der Waals surface area (Å²) in [6.07, 6.45) is 2.72. The highest BCUT2D eigenvalue weighted by Crippen LogP contribution is 2.38. The Balaban J connectivity index is 1.64. The van der Waals surface area contributed by atoms with Gasteiger partial charge in [0.05, 0.1) is 4.87 Å². The van der Waals surface area contributed by atoms with Crippen LogP contribution in [0.1, 0.15) is 19.3 Å². The highest BCUT2D eigenvalue weighted by atomic mass is 32.2. The standard InChI is InChI=1S/C15H20N2O2S/c18-14(19)13-6-11-20-15(16-13)7-9-17(10-8-15)12-4-2-1-3-5-12/h1-5,13,16H,6-11H2,(H,18,19). The van der Waals surface area contributed by atoms with E-state index < -0.39 is 5.97 Å². The van der Waals surface area contributed by atoms with Crippen molar-refractivity contribution in [3.8, 4) is 0 Å². The molecule has 2 aliphatic rings. The first-order valence-corrected chi connectivity index (χ1v) is 8.12. The summed E-state index contributed by atoms with van der Waals surface area (Å²) in [7, 11) is 0. The molecule has 0 amide bonds. The summed E-state index contributed by atoms with van der Waals surface area (Å²) in [6.45, 7) is 1.96. The van der Waals surface area contributed by atoms with Gasteiger partial charge < -0.3 is 10.0 Å². The molecule has 1 spiro atoms. The van der Waals surface area contributed by atoms with Crippen molar-refractivity contribution in [2.75, 3.05) is 23.7 Å². The van der Waals surface area contributed by atoms with Gasteiger partial charge in [-0.3, -0.25) is 10.1 Å². The summed E-state index contributed by atoms with van der Waals surface area (Å²) in [5.74, 6) is 0.227. The Morgan fingerprint density at radius 1 is 1.30 bits per heavy atom. The lowest BCUT2D eigenvalue weighted by Crippen LogP contribution is -2.59. The van der Waals surface area contributed by atoms with E-state index in [0.717, 1.165) is 38.1 Å². The summed E-state index contributed by atoms with van der Waals surface area (Å²) in [5, 5.41) is 12.6. The van der Waals surface area contributed by atoms with Gasteiger partial charge in [0.1, 0.15) is 6.04 Å². The van der Waals surface area contributed by atoms with Crippen LogP contribution in [0.5, 0.6) is 0 Å². The predicted molar refractivity (Wildman–Crippen MR) is 82.3 cm³/mol. The Labute approximate surface area is 123 Å². The minimum absolute atomic E-state index is 0.0351. The number of rotatable bonds is 2. The summed E-state index contributed by atoms with van der Waals surface area (Å²) in [4.78, 5) is 13.5. The maximum absolute atomic E-state index is 11.2. The van der Waals surface area contributed by atoms with Crippen LogP contribution < -0.4 is 10.2 Å². The zero-order valence-electron chi connectivity index (χ0n) is 11.4. The molecule has 0 aliphatic carbocycles. The van der Waals surface area contributed by atoms with Crippen LogP contribution in [0.3, 0.4) is 0 Å². The van der Waals surface area contributed by atoms with Crippen LogP contribution in [-0.2, 0) is 4.79 Å². The Bertz CT molecular complexity index is 472. The predicted octanol–water partition coefficient (Wildman–Crippen LogP) is 2.16. The van der Waals surface area contributed by atoms with Crippen LogP contribution in [0.4, 0.5) is 5.69 Å². The number of thioether (sulfide) groups is 1. The smallest absolute Gasteiger partial charge is 0.320 e. The third-order valence-electron chi connectivity index (χ3n) is 4.21. The van der Waals surface area contributed by atoms with E-state index in [0.29, 0.717) is 0 Å². The molecular formula is C15H20N2O2S. The number of aliphatic carboxylic acids is 1. The lowest BCUT2D eigenvalue weighted by molar-refractivity contribution is -0.140. The van der Waals surface area contributed by atoms with E-state index in [9.17, 15) is 9.90 Å². The second-order valence-electron chi connectivity index (χ2n) is 5.49. The molecule has 0 saturated carbocycles. The number of hydrogen-bond acceptors (Lipinski definition) is 4. The summed E-state index contributed by atoms with van der Waals surface area (Å²) in [5.41, 5.74) is 1.26. The molecule has 1 aromatic carbocycles. The van der Waals surface area contributed by atoms with Crippen molar-refractivity contribution in [1.82, 2.24) is 5.32 Å². The van der Waals surface area contributed by atoms with Gasteiger partial charge >= 0.3 is 5.97 Å². The third-order valence-corrected chi connectivity index (χ3v) is 5.73. The molecule has 3 rings (SSSR count). The first-order valence-electron chi connectivity index (χ1n) is 7.13. The third kappa shape index (κ3) is 2.79. The van der Waals surface area contributed by atoms with Crippen molar-refractivity contribution in [3.05, 3.63) is 30.3 Å². The molecule has 1 aromatic rings. The average Bonchev–Trinajstić information content (AvgIpc) is 2.49. The molecule has 0 aromatic heterocycles. The number of piperidine rings is 1. The summed E-state index contributed by atoms with van der Waals surface area (Å²) < 4.78 is 0. The molecule has 2 aliphatic heterocycles. The van der Waals surface area contributed by atoms with Gasteiger partial charge in [0.15, 0.2) is 0 Å². The fraction of sp³-hybridized carbons (Fsp3) is 0.533. The molecule has 0 bridgehead atoms. The van der Waals surface area contributed by atoms with Crippen molar-refractivity contribution in [2.45, 2.75) is 30.2 Å². The van der Waals surface area contributed by atoms with E-state index in [1.807, 2.05) is 17.8 Å². The maximum Gasteiger partial charge on any atom is 0.320 e. The summed E-state index contributed by atoms with van der Waals surface area (Å²) in [6, 6.07) is 10.1. The number of nitrogens with zero attached hydrogens (tertiary/aromatic N) is 1. The number of hydrogen-bond donors (Lipinski definition) is 2. The molecule has 4 nitrogen and oxygen atoms in total. The Morgan fingerprint density at radius 3 is 2.65 bits per heavy atom. The maximum atomic E-state index is 11.2. The number of nitrogens with one attached hydrogen (secondary N) is 1. The summed E-state index contributed by atoms with van der Waals surface area (Å²) >= 11 is 1.90. The van der Waals surface area contributed by atoms with Crippen molar-refractivity contribution in [3.63, 3.8) is 0 Å². The molecule has 5 heteroatoms. The van der Waals surface area contributed by atoms with Crippen molar-refractivity contribution >= 4 is 23.4 Å². The molecule has 2 N–H and O–H groups in total. The van der Waals surface area contributed by atoms with E-state index in [2.05, 4.69) is 34.5 Å². The van der Waals surface area contributed by atoms with Gasteiger partial charge in [-0.1, -0.05) is 18.2 Å². The van der Waals surface area contributed by atoms with Gasteiger partial charge in [0.25, 0.3) is 0 Å². The van der Waals surface area contributed by atoms with E-state index in [1.165, 1.54) is 5.69 Å². The van der Waals surface area contributed by atoms with Gasteiger partial charge in [0, 0.05) is 18.8 Å². The molecule has 2 fully saturated rings. The number of carbonyl (C=O) groups is 1. The Kier molecular flexibility index (Phi) is 3.89. The monoisotopic (exact) mass is 292 g/mol. The van der Waals surface area contributed by atoms with Crippen LogP contribution in [0.25, 0.3) is 0 Å². The number of para-hydroxylation sites is 1. The van der Waals surface area contributed by atoms with Crippen LogP contribution in [0.2, 0.25) is 0 Å². The quantitative estimate of drug-likeness (QED) is 0.875. The Morgan fingerprint density at radius 2 is 2.00 bits per heavy atom. The van der Waals surface area contributed by atoms with Gasteiger partial charge in [-0.05, 0) is 37.1 Å². The number of carboxylic acids is 1. The zero-order chi connectivity index (χ0) is 14.0. The van der Waals surface area contributed by atoms with Crippen LogP contribution in [0, 0.1) is 0 Å². The van der Waals surface area contributed by atoms with E-state index in [-0.39, 0.29) is 10.9 Å². The van der Waals surface area contributed by atoms with Crippen LogP contribution >= 0.6 is 11.8 Å².